The van der Waals surface area contributed by atoms with Gasteiger partial charge in [0.1, 0.15) is 4.90 Å². The molecule has 2 rings (SSSR count). The summed E-state index contributed by atoms with van der Waals surface area (Å²) in [6.07, 6.45) is 0. The van der Waals surface area contributed by atoms with E-state index in [4.69, 9.17) is 0 Å². The quantitative estimate of drug-likeness (QED) is 0.835. The lowest BCUT2D eigenvalue weighted by Gasteiger charge is -2.11. The highest BCUT2D eigenvalue weighted by Gasteiger charge is 2.22. The van der Waals surface area contributed by atoms with Crippen molar-refractivity contribution in [1.29, 1.82) is 0 Å². The zero-order valence-corrected chi connectivity index (χ0v) is 14.4. The number of halogens is 1. The molecule has 1 aromatic heterocycles. The van der Waals surface area contributed by atoms with E-state index in [2.05, 4.69) is 20.7 Å². The van der Waals surface area contributed by atoms with Crippen molar-refractivity contribution in [3.8, 4) is 0 Å². The van der Waals surface area contributed by atoms with Crippen LogP contribution in [0.15, 0.2) is 32.9 Å². The van der Waals surface area contributed by atoms with Crippen molar-refractivity contribution in [2.24, 2.45) is 0 Å². The topological polar surface area (TPSA) is 83.5 Å². The van der Waals surface area contributed by atoms with Gasteiger partial charge in [-0.3, -0.25) is 4.72 Å². The van der Waals surface area contributed by atoms with E-state index in [1.807, 2.05) is 0 Å². The lowest BCUT2D eigenvalue weighted by atomic mass is 10.1. The highest BCUT2D eigenvalue weighted by molar-refractivity contribution is 9.11. The van der Waals surface area contributed by atoms with Crippen molar-refractivity contribution in [3.63, 3.8) is 0 Å². The van der Waals surface area contributed by atoms with Crippen LogP contribution < -0.4 is 4.72 Å². The van der Waals surface area contributed by atoms with Crippen LogP contribution >= 0.6 is 27.3 Å². The number of sulfonamides is 1. The Balaban J connectivity index is 2.47. The molecule has 1 aromatic carbocycles. The number of rotatable bonds is 4. The van der Waals surface area contributed by atoms with E-state index in [1.54, 1.807) is 19.9 Å². The van der Waals surface area contributed by atoms with Gasteiger partial charge in [-0.1, -0.05) is 11.6 Å². The van der Waals surface area contributed by atoms with Crippen molar-refractivity contribution >= 4 is 48.9 Å². The van der Waals surface area contributed by atoms with E-state index in [0.29, 0.717) is 8.66 Å². The van der Waals surface area contributed by atoms with Crippen LogP contribution in [0, 0.1) is 13.8 Å². The first-order valence-electron chi connectivity index (χ1n) is 5.83. The van der Waals surface area contributed by atoms with Gasteiger partial charge in [-0.05, 0) is 48.0 Å². The van der Waals surface area contributed by atoms with Crippen LogP contribution in [0.25, 0.3) is 0 Å². The second kappa shape index (κ2) is 5.78. The van der Waals surface area contributed by atoms with Gasteiger partial charge in [0.25, 0.3) is 10.0 Å². The minimum atomic E-state index is -3.82. The van der Waals surface area contributed by atoms with Gasteiger partial charge >= 0.3 is 5.97 Å². The number of hydrogen-bond donors (Lipinski definition) is 2. The molecule has 2 N–H and O–H groups in total. The van der Waals surface area contributed by atoms with Crippen molar-refractivity contribution in [1.82, 2.24) is 0 Å². The van der Waals surface area contributed by atoms with Crippen LogP contribution in [-0.2, 0) is 10.0 Å². The van der Waals surface area contributed by atoms with Crippen molar-refractivity contribution in [2.45, 2.75) is 18.7 Å². The molecule has 0 saturated carbocycles. The first-order valence-corrected chi connectivity index (χ1v) is 8.92. The number of anilines is 1. The largest absolute Gasteiger partial charge is 0.478 e. The Kier molecular flexibility index (Phi) is 4.40. The normalized spacial score (nSPS) is 11.4. The summed E-state index contributed by atoms with van der Waals surface area (Å²) < 4.78 is 27.8. The number of aromatic carboxylic acids is 1. The number of carbonyl (C=O) groups is 1. The average Bonchev–Trinajstić information content (AvgIpc) is 2.71. The molecular formula is C13H12BrNO4S2. The summed E-state index contributed by atoms with van der Waals surface area (Å²) in [7, 11) is -3.82. The molecule has 1 heterocycles. The first-order chi connectivity index (χ1) is 9.70. The Morgan fingerprint density at radius 1 is 1.29 bits per heavy atom. The first kappa shape index (κ1) is 16.0. The minimum absolute atomic E-state index is 0.0508. The van der Waals surface area contributed by atoms with Gasteiger partial charge in [-0.25, -0.2) is 13.2 Å². The van der Waals surface area contributed by atoms with Crippen molar-refractivity contribution < 1.29 is 18.3 Å². The van der Waals surface area contributed by atoms with Gasteiger partial charge in [0.2, 0.25) is 0 Å². The maximum atomic E-state index is 12.4. The molecule has 0 amide bonds. The Bertz CT molecular complexity index is 812. The summed E-state index contributed by atoms with van der Waals surface area (Å²) in [5, 5.41) is 9.18. The summed E-state index contributed by atoms with van der Waals surface area (Å²) in [5.41, 5.74) is 0.713. The molecule has 0 aliphatic rings. The molecule has 112 valence electrons. The molecule has 2 aromatic rings. The second-order valence-electron chi connectivity index (χ2n) is 4.43. The highest BCUT2D eigenvalue weighted by atomic mass is 79.9. The Labute approximate surface area is 134 Å². The van der Waals surface area contributed by atoms with Gasteiger partial charge in [0.05, 0.1) is 15.0 Å². The Morgan fingerprint density at radius 3 is 2.48 bits per heavy atom. The molecule has 0 aliphatic heterocycles. The van der Waals surface area contributed by atoms with Gasteiger partial charge in [0, 0.05) is 4.88 Å². The average molecular weight is 390 g/mol. The van der Waals surface area contributed by atoms with E-state index < -0.39 is 16.0 Å². The number of hydrogen-bond acceptors (Lipinski definition) is 4. The number of nitrogens with one attached hydrogen (secondary N) is 1. The fourth-order valence-electron chi connectivity index (χ4n) is 1.82. The molecule has 0 saturated heterocycles. The fourth-order valence-corrected chi connectivity index (χ4v) is 5.32. The third kappa shape index (κ3) is 3.45. The van der Waals surface area contributed by atoms with Crippen LogP contribution in [0.4, 0.5) is 5.69 Å². The van der Waals surface area contributed by atoms with Gasteiger partial charge in [-0.2, -0.15) is 0 Å². The summed E-state index contributed by atoms with van der Waals surface area (Å²) in [6.45, 7) is 3.43. The third-order valence-electron chi connectivity index (χ3n) is 2.78. The maximum absolute atomic E-state index is 12.4. The molecule has 0 unspecified atom stereocenters. The predicted molar refractivity (Wildman–Crippen MR) is 85.7 cm³/mol. The zero-order valence-electron chi connectivity index (χ0n) is 11.2. The zero-order chi connectivity index (χ0) is 15.8. The Hall–Kier alpha value is -1.38. The van der Waals surface area contributed by atoms with Crippen LogP contribution in [0.2, 0.25) is 0 Å². The lowest BCUT2D eigenvalue weighted by Crippen LogP contribution is -2.15. The van der Waals surface area contributed by atoms with E-state index in [-0.39, 0.29) is 16.1 Å². The number of benzene rings is 1. The summed E-state index contributed by atoms with van der Waals surface area (Å²) in [6, 6.07) is 6.03. The van der Waals surface area contributed by atoms with Crippen LogP contribution in [0.5, 0.6) is 0 Å². The van der Waals surface area contributed by atoms with Gasteiger partial charge in [0.15, 0.2) is 0 Å². The molecule has 0 aliphatic carbocycles. The number of aryl methyl sites for hydroxylation is 2. The van der Waals surface area contributed by atoms with Gasteiger partial charge in [-0.15, -0.1) is 11.3 Å². The van der Waals surface area contributed by atoms with Crippen LogP contribution in [0.3, 0.4) is 0 Å². The van der Waals surface area contributed by atoms with E-state index in [9.17, 15) is 18.3 Å². The minimum Gasteiger partial charge on any atom is -0.478 e. The fraction of sp³-hybridized carbons (Fsp3) is 0.154. The summed E-state index contributed by atoms with van der Waals surface area (Å²) >= 11 is 4.54. The number of carboxylic acids is 1. The van der Waals surface area contributed by atoms with Crippen molar-refractivity contribution in [3.05, 3.63) is 44.1 Å². The molecule has 5 nitrogen and oxygen atoms in total. The predicted octanol–water partition coefficient (Wildman–Crippen LogP) is 3.63. The molecule has 0 bridgehead atoms. The van der Waals surface area contributed by atoms with E-state index in [0.717, 1.165) is 5.56 Å². The SMILES string of the molecule is Cc1ccc(NS(=O)(=O)c2cc(Br)sc2C)c(C(=O)O)c1. The molecule has 8 heteroatoms. The number of carboxylic acid groups (broad SMARTS) is 1. The third-order valence-corrected chi connectivity index (χ3v) is 5.96. The summed E-state index contributed by atoms with van der Waals surface area (Å²) in [5.74, 6) is -1.18. The van der Waals surface area contributed by atoms with Crippen molar-refractivity contribution in [2.75, 3.05) is 4.72 Å². The second-order valence-corrected chi connectivity index (χ2v) is 8.72. The lowest BCUT2D eigenvalue weighted by molar-refractivity contribution is 0.0698. The van der Waals surface area contributed by atoms with E-state index in [1.165, 1.54) is 29.5 Å². The molecular weight excluding hydrogens is 378 g/mol. The highest BCUT2D eigenvalue weighted by Crippen LogP contribution is 2.31. The summed E-state index contributed by atoms with van der Waals surface area (Å²) in [4.78, 5) is 12.0. The van der Waals surface area contributed by atoms with Crippen LogP contribution in [0.1, 0.15) is 20.8 Å². The Morgan fingerprint density at radius 2 is 1.95 bits per heavy atom. The molecule has 21 heavy (non-hydrogen) atoms. The van der Waals surface area contributed by atoms with Gasteiger partial charge < -0.3 is 5.11 Å². The number of thiophene rings is 1. The molecule has 0 fully saturated rings. The monoisotopic (exact) mass is 389 g/mol. The van der Waals surface area contributed by atoms with Crippen LogP contribution in [-0.4, -0.2) is 19.5 Å². The maximum Gasteiger partial charge on any atom is 0.337 e. The molecule has 0 atom stereocenters. The molecule has 0 radical (unpaired) electrons. The standard InChI is InChI=1S/C13H12BrNO4S2/c1-7-3-4-10(9(5-7)13(16)17)15-21(18,19)11-6-12(14)20-8(11)2/h3-6,15H,1-2H3,(H,16,17). The molecule has 0 spiro atoms. The van der Waals surface area contributed by atoms with E-state index >= 15 is 0 Å². The smallest absolute Gasteiger partial charge is 0.337 e.